The monoisotopic (exact) mass is 238 g/mol. The van der Waals surface area contributed by atoms with Crippen molar-refractivity contribution >= 4 is 11.3 Å². The smallest absolute Gasteiger partial charge is 0.0794 e. The quantitative estimate of drug-likeness (QED) is 0.876. The molecule has 4 heteroatoms. The maximum Gasteiger partial charge on any atom is 0.0794 e. The van der Waals surface area contributed by atoms with Crippen LogP contribution in [0.5, 0.6) is 0 Å². The molecule has 1 aliphatic heterocycles. The molecule has 2 heterocycles. The SMILES string of the molecule is c1ncc(CNC2CCCC3OCCC23)s1. The fourth-order valence-electron chi connectivity index (χ4n) is 2.99. The van der Waals surface area contributed by atoms with E-state index in [0.717, 1.165) is 19.1 Å². The van der Waals surface area contributed by atoms with Crippen molar-refractivity contribution in [1.82, 2.24) is 10.3 Å². The van der Waals surface area contributed by atoms with E-state index in [4.69, 9.17) is 4.74 Å². The summed E-state index contributed by atoms with van der Waals surface area (Å²) >= 11 is 1.73. The lowest BCUT2D eigenvalue weighted by molar-refractivity contribution is 0.0530. The average molecular weight is 238 g/mol. The van der Waals surface area contributed by atoms with Crippen LogP contribution in [0.4, 0.5) is 0 Å². The standard InChI is InChI=1S/C12H18N2OS/c1-2-11(10-4-5-15-12(10)3-1)14-7-9-6-13-8-16-9/h6,8,10-12,14H,1-5,7H2. The molecule has 0 spiro atoms. The Morgan fingerprint density at radius 3 is 3.31 bits per heavy atom. The number of hydrogen-bond donors (Lipinski definition) is 1. The van der Waals surface area contributed by atoms with E-state index < -0.39 is 0 Å². The number of nitrogens with zero attached hydrogens (tertiary/aromatic N) is 1. The summed E-state index contributed by atoms with van der Waals surface area (Å²) in [5.41, 5.74) is 1.90. The van der Waals surface area contributed by atoms with Gasteiger partial charge in [0.25, 0.3) is 0 Å². The first-order valence-corrected chi connectivity index (χ1v) is 7.04. The third kappa shape index (κ3) is 2.14. The van der Waals surface area contributed by atoms with Gasteiger partial charge in [0.2, 0.25) is 0 Å². The largest absolute Gasteiger partial charge is 0.378 e. The van der Waals surface area contributed by atoms with Crippen LogP contribution >= 0.6 is 11.3 Å². The Labute approximate surface area is 100 Å². The van der Waals surface area contributed by atoms with Crippen LogP contribution in [0.1, 0.15) is 30.6 Å². The van der Waals surface area contributed by atoms with Crippen LogP contribution < -0.4 is 5.32 Å². The lowest BCUT2D eigenvalue weighted by Crippen LogP contribution is -2.42. The van der Waals surface area contributed by atoms with E-state index in [1.165, 1.54) is 30.6 Å². The van der Waals surface area contributed by atoms with E-state index in [-0.39, 0.29) is 0 Å². The van der Waals surface area contributed by atoms with Crippen LogP contribution in [0, 0.1) is 5.92 Å². The second-order valence-electron chi connectivity index (χ2n) is 4.75. The Kier molecular flexibility index (Phi) is 3.22. The number of fused-ring (bicyclic) bond motifs is 1. The highest BCUT2D eigenvalue weighted by Crippen LogP contribution is 2.34. The fourth-order valence-corrected chi connectivity index (χ4v) is 3.54. The molecule has 0 bridgehead atoms. The number of ether oxygens (including phenoxy) is 1. The van der Waals surface area contributed by atoms with Crippen LogP contribution in [0.2, 0.25) is 0 Å². The number of hydrogen-bond acceptors (Lipinski definition) is 4. The van der Waals surface area contributed by atoms with Gasteiger partial charge in [0, 0.05) is 36.2 Å². The van der Waals surface area contributed by atoms with Gasteiger partial charge in [0.1, 0.15) is 0 Å². The molecule has 1 aromatic heterocycles. The molecule has 16 heavy (non-hydrogen) atoms. The molecule has 1 saturated carbocycles. The minimum absolute atomic E-state index is 0.535. The van der Waals surface area contributed by atoms with Gasteiger partial charge in [-0.2, -0.15) is 0 Å². The van der Waals surface area contributed by atoms with Gasteiger partial charge in [-0.25, -0.2) is 0 Å². The predicted molar refractivity (Wildman–Crippen MR) is 64.4 cm³/mol. The van der Waals surface area contributed by atoms with Crippen molar-refractivity contribution in [3.63, 3.8) is 0 Å². The van der Waals surface area contributed by atoms with Crippen molar-refractivity contribution in [3.8, 4) is 0 Å². The van der Waals surface area contributed by atoms with Gasteiger partial charge in [0.05, 0.1) is 11.6 Å². The van der Waals surface area contributed by atoms with Crippen LogP contribution in [-0.4, -0.2) is 23.7 Å². The summed E-state index contributed by atoms with van der Waals surface area (Å²) in [4.78, 5) is 5.44. The minimum Gasteiger partial charge on any atom is -0.378 e. The molecule has 0 radical (unpaired) electrons. The first-order chi connectivity index (χ1) is 7.93. The highest BCUT2D eigenvalue weighted by Gasteiger charge is 2.37. The summed E-state index contributed by atoms with van der Waals surface area (Å²) in [6.07, 6.45) is 7.62. The minimum atomic E-state index is 0.535. The van der Waals surface area contributed by atoms with E-state index in [1.807, 2.05) is 11.7 Å². The topological polar surface area (TPSA) is 34.2 Å². The highest BCUT2D eigenvalue weighted by molar-refractivity contribution is 7.09. The molecule has 0 aromatic carbocycles. The van der Waals surface area contributed by atoms with E-state index in [2.05, 4.69) is 10.3 Å². The summed E-state index contributed by atoms with van der Waals surface area (Å²) in [6.45, 7) is 1.94. The molecule has 3 nitrogen and oxygen atoms in total. The van der Waals surface area contributed by atoms with Gasteiger partial charge >= 0.3 is 0 Å². The lowest BCUT2D eigenvalue weighted by Gasteiger charge is -2.33. The molecule has 3 rings (SSSR count). The summed E-state index contributed by atoms with van der Waals surface area (Å²) in [5.74, 6) is 0.752. The zero-order valence-electron chi connectivity index (χ0n) is 9.39. The zero-order valence-corrected chi connectivity index (χ0v) is 10.2. The maximum absolute atomic E-state index is 5.77. The molecule has 1 aromatic rings. The third-order valence-electron chi connectivity index (χ3n) is 3.80. The Hall–Kier alpha value is -0.450. The zero-order chi connectivity index (χ0) is 10.8. The first-order valence-electron chi connectivity index (χ1n) is 6.16. The number of rotatable bonds is 3. The Morgan fingerprint density at radius 2 is 2.44 bits per heavy atom. The first kappa shape index (κ1) is 10.7. The molecule has 2 aliphatic rings. The second-order valence-corrected chi connectivity index (χ2v) is 5.72. The normalized spacial score (nSPS) is 33.9. The molecule has 88 valence electrons. The predicted octanol–water partition coefficient (Wildman–Crippen LogP) is 2.19. The summed E-state index contributed by atoms with van der Waals surface area (Å²) in [5, 5.41) is 3.69. The Morgan fingerprint density at radius 1 is 1.44 bits per heavy atom. The number of nitrogens with one attached hydrogen (secondary N) is 1. The summed E-state index contributed by atoms with van der Waals surface area (Å²) in [6, 6.07) is 0.656. The molecular weight excluding hydrogens is 220 g/mol. The van der Waals surface area contributed by atoms with Gasteiger partial charge in [0.15, 0.2) is 0 Å². The van der Waals surface area contributed by atoms with Gasteiger partial charge in [-0.3, -0.25) is 4.98 Å². The molecular formula is C12H18N2OS. The highest BCUT2D eigenvalue weighted by atomic mass is 32.1. The van der Waals surface area contributed by atoms with Crippen molar-refractivity contribution in [2.24, 2.45) is 5.92 Å². The second kappa shape index (κ2) is 4.82. The molecule has 2 fully saturated rings. The number of aromatic nitrogens is 1. The van der Waals surface area contributed by atoms with Gasteiger partial charge < -0.3 is 10.1 Å². The Balaban J connectivity index is 1.57. The van der Waals surface area contributed by atoms with Crippen molar-refractivity contribution in [1.29, 1.82) is 0 Å². The van der Waals surface area contributed by atoms with Crippen molar-refractivity contribution in [2.75, 3.05) is 6.61 Å². The van der Waals surface area contributed by atoms with E-state index in [9.17, 15) is 0 Å². The van der Waals surface area contributed by atoms with E-state index >= 15 is 0 Å². The van der Waals surface area contributed by atoms with E-state index in [0.29, 0.717) is 12.1 Å². The van der Waals surface area contributed by atoms with Gasteiger partial charge in [-0.15, -0.1) is 11.3 Å². The summed E-state index contributed by atoms with van der Waals surface area (Å²) < 4.78 is 5.77. The molecule has 3 atom stereocenters. The lowest BCUT2D eigenvalue weighted by atomic mass is 9.82. The molecule has 3 unspecified atom stereocenters. The van der Waals surface area contributed by atoms with Crippen LogP contribution in [-0.2, 0) is 11.3 Å². The molecule has 1 saturated heterocycles. The number of thiazole rings is 1. The van der Waals surface area contributed by atoms with Crippen molar-refractivity contribution in [3.05, 3.63) is 16.6 Å². The van der Waals surface area contributed by atoms with Gasteiger partial charge in [-0.1, -0.05) is 0 Å². The molecule has 1 N–H and O–H groups in total. The average Bonchev–Trinajstić information content (AvgIpc) is 2.97. The van der Waals surface area contributed by atoms with Crippen LogP contribution in [0.25, 0.3) is 0 Å². The Bertz CT molecular complexity index is 328. The van der Waals surface area contributed by atoms with Crippen LogP contribution in [0.15, 0.2) is 11.7 Å². The van der Waals surface area contributed by atoms with Crippen molar-refractivity contribution < 1.29 is 4.74 Å². The fraction of sp³-hybridized carbons (Fsp3) is 0.750. The maximum atomic E-state index is 5.77. The van der Waals surface area contributed by atoms with Crippen molar-refractivity contribution in [2.45, 2.75) is 44.4 Å². The third-order valence-corrected chi connectivity index (χ3v) is 4.58. The molecule has 0 amide bonds. The summed E-state index contributed by atoms with van der Waals surface area (Å²) in [7, 11) is 0. The van der Waals surface area contributed by atoms with Crippen LogP contribution in [0.3, 0.4) is 0 Å². The van der Waals surface area contributed by atoms with E-state index in [1.54, 1.807) is 11.3 Å². The molecule has 1 aliphatic carbocycles. The van der Waals surface area contributed by atoms with Gasteiger partial charge in [-0.05, 0) is 25.7 Å².